The third kappa shape index (κ3) is 5.20. The molecule has 2 N–H and O–H groups in total. The zero-order valence-electron chi connectivity index (χ0n) is 11.8. The lowest BCUT2D eigenvalue weighted by Crippen LogP contribution is -2.49. The van der Waals surface area contributed by atoms with E-state index in [4.69, 9.17) is 14.6 Å². The average molecular weight is 260 g/mol. The minimum absolute atomic E-state index is 0.176. The summed E-state index contributed by atoms with van der Waals surface area (Å²) >= 11 is 0. The Bertz CT molecular complexity index is 203. The summed E-state index contributed by atoms with van der Waals surface area (Å²) in [5, 5.41) is 12.4. The molecule has 5 nitrogen and oxygen atoms in total. The van der Waals surface area contributed by atoms with Gasteiger partial charge in [0, 0.05) is 45.3 Å². The quantitative estimate of drug-likeness (QED) is 0.608. The van der Waals surface area contributed by atoms with Crippen LogP contribution in [0, 0.1) is 5.41 Å². The summed E-state index contributed by atoms with van der Waals surface area (Å²) in [6.45, 7) is 6.07. The second kappa shape index (κ2) is 8.82. The van der Waals surface area contributed by atoms with Crippen LogP contribution in [0.4, 0.5) is 0 Å². The molecule has 0 radical (unpaired) electrons. The number of aliphatic hydroxyl groups is 1. The topological polar surface area (TPSA) is 54.0 Å². The maximum Gasteiger partial charge on any atom is 0.0589 e. The van der Waals surface area contributed by atoms with Crippen molar-refractivity contribution < 1.29 is 14.6 Å². The van der Waals surface area contributed by atoms with Gasteiger partial charge in [0.15, 0.2) is 0 Å². The molecule has 0 aromatic heterocycles. The molecule has 1 heterocycles. The monoisotopic (exact) mass is 260 g/mol. The highest BCUT2D eigenvalue weighted by Crippen LogP contribution is 2.29. The number of hydrogen-bond donors (Lipinski definition) is 2. The Kier molecular flexibility index (Phi) is 7.77. The largest absolute Gasteiger partial charge is 0.395 e. The van der Waals surface area contributed by atoms with Crippen LogP contribution >= 0.6 is 0 Å². The maximum atomic E-state index is 9.15. The first-order valence-corrected chi connectivity index (χ1v) is 6.81. The van der Waals surface area contributed by atoms with Crippen molar-refractivity contribution >= 4 is 0 Å². The fourth-order valence-corrected chi connectivity index (χ4v) is 2.71. The highest BCUT2D eigenvalue weighted by atomic mass is 16.5. The summed E-state index contributed by atoms with van der Waals surface area (Å²) in [6, 6.07) is 0. The van der Waals surface area contributed by atoms with Gasteiger partial charge < -0.3 is 19.9 Å². The molecule has 108 valence electrons. The van der Waals surface area contributed by atoms with Gasteiger partial charge in [0.25, 0.3) is 0 Å². The maximum absolute atomic E-state index is 9.15. The van der Waals surface area contributed by atoms with Crippen molar-refractivity contribution in [3.8, 4) is 0 Å². The van der Waals surface area contributed by atoms with Gasteiger partial charge in [-0.1, -0.05) is 0 Å². The van der Waals surface area contributed by atoms with Crippen LogP contribution in [-0.2, 0) is 9.47 Å². The van der Waals surface area contributed by atoms with E-state index in [1.165, 1.54) is 6.42 Å². The van der Waals surface area contributed by atoms with Crippen molar-refractivity contribution in [2.24, 2.45) is 5.41 Å². The number of nitrogens with zero attached hydrogens (tertiary/aromatic N) is 1. The lowest BCUT2D eigenvalue weighted by molar-refractivity contribution is -0.0299. The second-order valence-electron chi connectivity index (χ2n) is 5.18. The van der Waals surface area contributed by atoms with Crippen LogP contribution in [0.1, 0.15) is 12.8 Å². The summed E-state index contributed by atoms with van der Waals surface area (Å²) in [5.74, 6) is 0. The van der Waals surface area contributed by atoms with Crippen LogP contribution in [0.15, 0.2) is 0 Å². The van der Waals surface area contributed by atoms with Gasteiger partial charge in [-0.3, -0.25) is 4.90 Å². The third-order valence-corrected chi connectivity index (χ3v) is 3.54. The lowest BCUT2D eigenvalue weighted by atomic mass is 9.81. The van der Waals surface area contributed by atoms with Crippen molar-refractivity contribution in [2.75, 3.05) is 66.8 Å². The smallest absolute Gasteiger partial charge is 0.0589 e. The van der Waals surface area contributed by atoms with E-state index in [1.54, 1.807) is 7.11 Å². The van der Waals surface area contributed by atoms with Crippen LogP contribution in [0.3, 0.4) is 0 Å². The SMILES string of the molecule is CNCC1(CN(CCO)CCOC)CCCOC1. The van der Waals surface area contributed by atoms with Gasteiger partial charge in [0.05, 0.1) is 19.8 Å². The molecule has 0 saturated carbocycles. The minimum Gasteiger partial charge on any atom is -0.395 e. The molecule has 1 fully saturated rings. The zero-order chi connectivity index (χ0) is 13.3. The summed E-state index contributed by atoms with van der Waals surface area (Å²) in [5.41, 5.74) is 0.176. The number of rotatable bonds is 9. The molecule has 1 rings (SSSR count). The van der Waals surface area contributed by atoms with Gasteiger partial charge in [0.1, 0.15) is 0 Å². The summed E-state index contributed by atoms with van der Waals surface area (Å²) in [4.78, 5) is 2.27. The molecule has 1 atom stereocenters. The molecule has 0 amide bonds. The number of ether oxygens (including phenoxy) is 2. The van der Waals surface area contributed by atoms with Crippen molar-refractivity contribution in [3.63, 3.8) is 0 Å². The third-order valence-electron chi connectivity index (χ3n) is 3.54. The molecule has 18 heavy (non-hydrogen) atoms. The molecular weight excluding hydrogens is 232 g/mol. The van der Waals surface area contributed by atoms with Gasteiger partial charge in [-0.2, -0.15) is 0 Å². The van der Waals surface area contributed by atoms with Crippen LogP contribution < -0.4 is 5.32 Å². The summed E-state index contributed by atoms with van der Waals surface area (Å²) in [7, 11) is 3.70. The minimum atomic E-state index is 0.176. The fraction of sp³-hybridized carbons (Fsp3) is 1.00. The van der Waals surface area contributed by atoms with Crippen molar-refractivity contribution in [1.29, 1.82) is 0 Å². The lowest BCUT2D eigenvalue weighted by Gasteiger charge is -2.40. The van der Waals surface area contributed by atoms with Crippen LogP contribution in [-0.4, -0.2) is 76.8 Å². The van der Waals surface area contributed by atoms with E-state index in [9.17, 15) is 0 Å². The van der Waals surface area contributed by atoms with Gasteiger partial charge in [-0.15, -0.1) is 0 Å². The van der Waals surface area contributed by atoms with Crippen LogP contribution in [0.5, 0.6) is 0 Å². The number of aliphatic hydroxyl groups excluding tert-OH is 1. The Morgan fingerprint density at radius 1 is 1.44 bits per heavy atom. The summed E-state index contributed by atoms with van der Waals surface area (Å²) < 4.78 is 10.8. The zero-order valence-corrected chi connectivity index (χ0v) is 11.8. The van der Waals surface area contributed by atoms with Crippen LogP contribution in [0.2, 0.25) is 0 Å². The number of nitrogens with one attached hydrogen (secondary N) is 1. The Balaban J connectivity index is 2.54. The Labute approximate surface area is 110 Å². The summed E-state index contributed by atoms with van der Waals surface area (Å²) in [6.07, 6.45) is 2.31. The number of methoxy groups -OCH3 is 1. The van der Waals surface area contributed by atoms with Crippen molar-refractivity contribution in [3.05, 3.63) is 0 Å². The highest BCUT2D eigenvalue weighted by Gasteiger charge is 2.34. The molecule has 1 aliphatic rings. The molecule has 0 spiro atoms. The fourth-order valence-electron chi connectivity index (χ4n) is 2.71. The van der Waals surface area contributed by atoms with Gasteiger partial charge in [-0.25, -0.2) is 0 Å². The molecule has 0 aromatic carbocycles. The van der Waals surface area contributed by atoms with E-state index in [0.717, 1.165) is 39.3 Å². The predicted molar refractivity (Wildman–Crippen MR) is 71.8 cm³/mol. The Hall–Kier alpha value is -0.200. The molecule has 1 unspecified atom stereocenters. The van der Waals surface area contributed by atoms with Crippen molar-refractivity contribution in [1.82, 2.24) is 10.2 Å². The number of hydrogen-bond acceptors (Lipinski definition) is 5. The first kappa shape index (κ1) is 15.9. The molecule has 1 saturated heterocycles. The molecule has 0 bridgehead atoms. The molecular formula is C13H28N2O3. The highest BCUT2D eigenvalue weighted by molar-refractivity contribution is 4.87. The molecule has 0 aromatic rings. The standard InChI is InChI=1S/C13H28N2O3/c1-14-10-13(4-3-8-18-12-13)11-15(5-7-16)6-9-17-2/h14,16H,3-12H2,1-2H3. The van der Waals surface area contributed by atoms with E-state index >= 15 is 0 Å². The first-order valence-electron chi connectivity index (χ1n) is 6.81. The normalized spacial score (nSPS) is 24.7. The average Bonchev–Trinajstić information content (AvgIpc) is 2.37. The van der Waals surface area contributed by atoms with Crippen molar-refractivity contribution in [2.45, 2.75) is 12.8 Å². The van der Waals surface area contributed by atoms with Gasteiger partial charge in [-0.05, 0) is 19.9 Å². The van der Waals surface area contributed by atoms with Gasteiger partial charge in [0.2, 0.25) is 0 Å². The first-order chi connectivity index (χ1) is 8.76. The van der Waals surface area contributed by atoms with E-state index in [1.807, 2.05) is 7.05 Å². The molecule has 5 heteroatoms. The molecule has 0 aliphatic carbocycles. The Morgan fingerprint density at radius 3 is 2.83 bits per heavy atom. The second-order valence-corrected chi connectivity index (χ2v) is 5.18. The predicted octanol–water partition coefficient (Wildman–Crippen LogP) is -0.0567. The molecule has 1 aliphatic heterocycles. The van der Waals surface area contributed by atoms with E-state index in [2.05, 4.69) is 10.2 Å². The van der Waals surface area contributed by atoms with Gasteiger partial charge >= 0.3 is 0 Å². The van der Waals surface area contributed by atoms with E-state index in [-0.39, 0.29) is 12.0 Å². The Morgan fingerprint density at radius 2 is 2.28 bits per heavy atom. The van der Waals surface area contributed by atoms with E-state index < -0.39 is 0 Å². The van der Waals surface area contributed by atoms with E-state index in [0.29, 0.717) is 13.2 Å². The van der Waals surface area contributed by atoms with Crippen LogP contribution in [0.25, 0.3) is 0 Å².